The molecule has 0 radical (unpaired) electrons. The van der Waals surface area contributed by atoms with Gasteiger partial charge in [0, 0.05) is 30.3 Å². The van der Waals surface area contributed by atoms with Gasteiger partial charge in [0.15, 0.2) is 0 Å². The molecule has 98 valence electrons. The molecule has 2 rings (SSSR count). The van der Waals surface area contributed by atoms with Crippen molar-refractivity contribution >= 4 is 17.7 Å². The number of hydrogen-bond donors (Lipinski definition) is 1. The molecule has 0 spiro atoms. The number of carbonyl (C=O) groups excluding carboxylic acids is 1. The number of amides is 1. The van der Waals surface area contributed by atoms with Crippen molar-refractivity contribution in [2.45, 2.75) is 51.1 Å². The van der Waals surface area contributed by atoms with E-state index in [0.717, 1.165) is 50.2 Å². The van der Waals surface area contributed by atoms with Gasteiger partial charge in [-0.05, 0) is 44.8 Å². The standard InChI is InChI=1S/C13H24N2OS/c1-2-15(12-5-3-11(14)4-6-12)13(16)10-7-8-17-9-10/h10-12H,2-9,14H2,1H3. The lowest BCUT2D eigenvalue weighted by Crippen LogP contribution is -2.46. The van der Waals surface area contributed by atoms with Gasteiger partial charge in [0.05, 0.1) is 0 Å². The first-order valence-electron chi connectivity index (χ1n) is 6.86. The molecule has 1 saturated carbocycles. The highest BCUT2D eigenvalue weighted by molar-refractivity contribution is 7.99. The highest BCUT2D eigenvalue weighted by atomic mass is 32.2. The van der Waals surface area contributed by atoms with Gasteiger partial charge in [-0.25, -0.2) is 0 Å². The van der Waals surface area contributed by atoms with Crippen LogP contribution in [0.5, 0.6) is 0 Å². The molecular formula is C13H24N2OS. The van der Waals surface area contributed by atoms with Crippen molar-refractivity contribution in [3.05, 3.63) is 0 Å². The highest BCUT2D eigenvalue weighted by Gasteiger charge is 2.32. The maximum Gasteiger partial charge on any atom is 0.226 e. The zero-order valence-electron chi connectivity index (χ0n) is 10.7. The van der Waals surface area contributed by atoms with Gasteiger partial charge in [-0.3, -0.25) is 4.79 Å². The third-order valence-electron chi connectivity index (χ3n) is 4.08. The SMILES string of the molecule is CCN(C(=O)C1CCSC1)C1CCC(N)CC1. The van der Waals surface area contributed by atoms with Gasteiger partial charge in [-0.2, -0.15) is 11.8 Å². The van der Waals surface area contributed by atoms with Crippen LogP contribution in [0.1, 0.15) is 39.0 Å². The summed E-state index contributed by atoms with van der Waals surface area (Å²) >= 11 is 1.92. The molecule has 17 heavy (non-hydrogen) atoms. The maximum absolute atomic E-state index is 12.4. The van der Waals surface area contributed by atoms with Gasteiger partial charge in [-0.1, -0.05) is 0 Å². The fourth-order valence-corrected chi connectivity index (χ4v) is 4.18. The molecule has 2 aliphatic rings. The Kier molecular flexibility index (Phi) is 4.74. The first kappa shape index (κ1) is 13.2. The molecule has 1 unspecified atom stereocenters. The van der Waals surface area contributed by atoms with Gasteiger partial charge in [-0.15, -0.1) is 0 Å². The zero-order chi connectivity index (χ0) is 12.3. The number of carbonyl (C=O) groups is 1. The van der Waals surface area contributed by atoms with E-state index < -0.39 is 0 Å². The molecule has 1 aliphatic carbocycles. The van der Waals surface area contributed by atoms with E-state index in [1.807, 2.05) is 11.8 Å². The van der Waals surface area contributed by atoms with Crippen LogP contribution in [-0.4, -0.2) is 40.9 Å². The van der Waals surface area contributed by atoms with Crippen LogP contribution in [0.2, 0.25) is 0 Å². The Balaban J connectivity index is 1.92. The minimum Gasteiger partial charge on any atom is -0.340 e. The van der Waals surface area contributed by atoms with Crippen molar-refractivity contribution in [2.24, 2.45) is 11.7 Å². The predicted octanol–water partition coefficient (Wildman–Crippen LogP) is 1.86. The van der Waals surface area contributed by atoms with E-state index >= 15 is 0 Å². The number of nitrogens with two attached hydrogens (primary N) is 1. The lowest BCUT2D eigenvalue weighted by molar-refractivity contribution is -0.137. The summed E-state index contributed by atoms with van der Waals surface area (Å²) in [4.78, 5) is 14.6. The van der Waals surface area contributed by atoms with Crippen LogP contribution in [0.4, 0.5) is 0 Å². The minimum absolute atomic E-state index is 0.288. The zero-order valence-corrected chi connectivity index (χ0v) is 11.5. The fraction of sp³-hybridized carbons (Fsp3) is 0.923. The molecule has 0 aromatic carbocycles. The smallest absolute Gasteiger partial charge is 0.226 e. The van der Waals surface area contributed by atoms with E-state index in [0.29, 0.717) is 18.0 Å². The normalized spacial score (nSPS) is 33.6. The Morgan fingerprint density at radius 3 is 2.53 bits per heavy atom. The lowest BCUT2D eigenvalue weighted by Gasteiger charge is -2.36. The Bertz CT molecular complexity index is 258. The third-order valence-corrected chi connectivity index (χ3v) is 5.25. The summed E-state index contributed by atoms with van der Waals surface area (Å²) in [6, 6.07) is 0.819. The molecule has 4 heteroatoms. The molecule has 0 aromatic rings. The van der Waals surface area contributed by atoms with Gasteiger partial charge in [0.1, 0.15) is 0 Å². The fourth-order valence-electron chi connectivity index (χ4n) is 2.97. The molecule has 2 fully saturated rings. The van der Waals surface area contributed by atoms with Gasteiger partial charge in [0.2, 0.25) is 5.91 Å². The second-order valence-electron chi connectivity index (χ2n) is 5.25. The second kappa shape index (κ2) is 6.10. The van der Waals surface area contributed by atoms with Crippen LogP contribution in [0.3, 0.4) is 0 Å². The molecule has 1 saturated heterocycles. The monoisotopic (exact) mass is 256 g/mol. The molecule has 3 nitrogen and oxygen atoms in total. The van der Waals surface area contributed by atoms with Crippen LogP contribution in [-0.2, 0) is 4.79 Å². The minimum atomic E-state index is 0.288. The number of hydrogen-bond acceptors (Lipinski definition) is 3. The summed E-state index contributed by atoms with van der Waals surface area (Å²) < 4.78 is 0. The lowest BCUT2D eigenvalue weighted by atomic mass is 9.90. The molecule has 0 bridgehead atoms. The van der Waals surface area contributed by atoms with Crippen molar-refractivity contribution < 1.29 is 4.79 Å². The van der Waals surface area contributed by atoms with Gasteiger partial charge >= 0.3 is 0 Å². The van der Waals surface area contributed by atoms with Crippen LogP contribution < -0.4 is 5.73 Å². The molecule has 1 atom stereocenters. The summed E-state index contributed by atoms with van der Waals surface area (Å²) in [6.07, 6.45) is 5.43. The van der Waals surface area contributed by atoms with Crippen molar-refractivity contribution in [3.8, 4) is 0 Å². The van der Waals surface area contributed by atoms with Crippen LogP contribution >= 0.6 is 11.8 Å². The highest BCUT2D eigenvalue weighted by Crippen LogP contribution is 2.28. The summed E-state index contributed by atoms with van der Waals surface area (Å²) in [5.74, 6) is 2.87. The molecule has 1 amide bonds. The third kappa shape index (κ3) is 3.16. The van der Waals surface area contributed by atoms with E-state index in [1.165, 1.54) is 0 Å². The average Bonchev–Trinajstić information content (AvgIpc) is 2.86. The molecule has 0 aromatic heterocycles. The quantitative estimate of drug-likeness (QED) is 0.838. The number of nitrogens with zero attached hydrogens (tertiary/aromatic N) is 1. The van der Waals surface area contributed by atoms with E-state index in [-0.39, 0.29) is 5.92 Å². The van der Waals surface area contributed by atoms with E-state index in [1.54, 1.807) is 0 Å². The molecule has 1 heterocycles. The average molecular weight is 256 g/mol. The second-order valence-corrected chi connectivity index (χ2v) is 6.40. The van der Waals surface area contributed by atoms with Crippen molar-refractivity contribution in [3.63, 3.8) is 0 Å². The topological polar surface area (TPSA) is 46.3 Å². The molecular weight excluding hydrogens is 232 g/mol. The summed E-state index contributed by atoms with van der Waals surface area (Å²) in [6.45, 7) is 2.97. The summed E-state index contributed by atoms with van der Waals surface area (Å²) in [5, 5.41) is 0. The van der Waals surface area contributed by atoms with E-state index in [2.05, 4.69) is 11.8 Å². The van der Waals surface area contributed by atoms with E-state index in [9.17, 15) is 4.79 Å². The van der Waals surface area contributed by atoms with Crippen molar-refractivity contribution in [1.29, 1.82) is 0 Å². The van der Waals surface area contributed by atoms with Crippen LogP contribution in [0.15, 0.2) is 0 Å². The predicted molar refractivity (Wildman–Crippen MR) is 73.1 cm³/mol. The van der Waals surface area contributed by atoms with Crippen LogP contribution in [0.25, 0.3) is 0 Å². The Morgan fingerprint density at radius 1 is 1.29 bits per heavy atom. The summed E-state index contributed by atoms with van der Waals surface area (Å²) in [7, 11) is 0. The first-order valence-corrected chi connectivity index (χ1v) is 8.01. The van der Waals surface area contributed by atoms with Crippen LogP contribution in [0, 0.1) is 5.92 Å². The Morgan fingerprint density at radius 2 is 2.00 bits per heavy atom. The van der Waals surface area contributed by atoms with Crippen molar-refractivity contribution in [2.75, 3.05) is 18.1 Å². The van der Waals surface area contributed by atoms with E-state index in [4.69, 9.17) is 5.73 Å². The molecule has 1 aliphatic heterocycles. The Hall–Kier alpha value is -0.220. The molecule has 2 N–H and O–H groups in total. The maximum atomic E-state index is 12.4. The largest absolute Gasteiger partial charge is 0.340 e. The number of rotatable bonds is 3. The summed E-state index contributed by atoms with van der Waals surface area (Å²) in [5.41, 5.74) is 5.93. The van der Waals surface area contributed by atoms with Crippen molar-refractivity contribution in [1.82, 2.24) is 4.90 Å². The van der Waals surface area contributed by atoms with Gasteiger partial charge < -0.3 is 10.6 Å². The Labute approximate surface area is 108 Å². The number of thioether (sulfide) groups is 1. The first-order chi connectivity index (χ1) is 8.22. The van der Waals surface area contributed by atoms with Gasteiger partial charge in [0.25, 0.3) is 0 Å².